The zero-order valence-corrected chi connectivity index (χ0v) is 28.0. The Labute approximate surface area is 283 Å². The van der Waals surface area contributed by atoms with Gasteiger partial charge in [-0.2, -0.15) is 5.10 Å². The van der Waals surface area contributed by atoms with Gasteiger partial charge in [-0.05, 0) is 87.1 Å². The van der Waals surface area contributed by atoms with E-state index >= 15 is 0 Å². The van der Waals surface area contributed by atoms with Gasteiger partial charge in [-0.1, -0.05) is 12.1 Å². The highest BCUT2D eigenvalue weighted by atomic mass is 16.5. The van der Waals surface area contributed by atoms with E-state index in [1.165, 1.54) is 15.8 Å². The predicted molar refractivity (Wildman–Crippen MR) is 186 cm³/mol. The van der Waals surface area contributed by atoms with Crippen LogP contribution in [0, 0.1) is 6.92 Å². The van der Waals surface area contributed by atoms with E-state index in [0.29, 0.717) is 34.0 Å². The number of para-hydroxylation sites is 1. The van der Waals surface area contributed by atoms with Gasteiger partial charge in [0.2, 0.25) is 5.78 Å². The number of anilines is 1. The smallest absolute Gasteiger partial charge is 0.300 e. The molecule has 6 rings (SSSR count). The maximum absolute atomic E-state index is 13.5. The van der Waals surface area contributed by atoms with Crippen molar-refractivity contribution in [1.29, 1.82) is 0 Å². The van der Waals surface area contributed by atoms with Crippen molar-refractivity contribution >= 4 is 40.3 Å². The van der Waals surface area contributed by atoms with Gasteiger partial charge in [-0.15, -0.1) is 0 Å². The number of hydrogen-bond donors (Lipinski definition) is 4. The molecule has 5 aromatic rings. The lowest BCUT2D eigenvalue weighted by atomic mass is 10.1. The summed E-state index contributed by atoms with van der Waals surface area (Å²) in [6.07, 6.45) is 2.38. The first-order chi connectivity index (χ1) is 23.3. The number of ether oxygens (including phenoxy) is 1. The number of nitrogens with zero attached hydrogens (tertiary/aromatic N) is 4. The lowest BCUT2D eigenvalue weighted by Gasteiger charge is -2.15. The van der Waals surface area contributed by atoms with Crippen molar-refractivity contribution in [3.05, 3.63) is 101 Å². The van der Waals surface area contributed by atoms with Crippen LogP contribution >= 0.6 is 0 Å². The second-order valence-electron chi connectivity index (χ2n) is 12.2. The number of aliphatic carboxylic acids is 1. The number of fused-ring (bicyclic) bond motifs is 1. The third kappa shape index (κ3) is 7.79. The quantitative estimate of drug-likeness (QED) is 0.174. The molecule has 2 amide bonds. The molecule has 1 aliphatic heterocycles. The number of carbonyl (C=O) groups excluding carboxylic acids is 3. The fraction of sp³-hybridized carbons (Fsp3) is 0.250. The molecule has 1 unspecified atom stereocenters. The molecule has 49 heavy (non-hydrogen) atoms. The minimum Gasteiger partial charge on any atom is -0.481 e. The SMILES string of the molecule is CC(=O)O.Cc1cc(Oc2ccccc2C(=O)N(C)C)ccc1-n1ncc(C(=O)c2cc3cc(C(=O)NC4CCN(C)C4)ccc3[nH]2)c1N. The molecule has 0 bridgehead atoms. The summed E-state index contributed by atoms with van der Waals surface area (Å²) in [6, 6.07) is 19.7. The standard InChI is InChI=1S/C34H35N7O4.C2H4O2/c1-20-15-24(45-30-8-6-5-7-25(30)34(44)39(2)3)10-12-29(20)41-32(35)26(18-36-41)31(42)28-17-22-16-21(9-11-27(22)38-28)33(43)37-23-13-14-40(4)19-23;1-2(3)4/h5-12,15-18,23,38H,13-14,19,35H2,1-4H3,(H,37,43);1H3,(H,3,4). The van der Waals surface area contributed by atoms with Crippen LogP contribution in [-0.2, 0) is 4.79 Å². The summed E-state index contributed by atoms with van der Waals surface area (Å²) in [4.78, 5) is 54.8. The van der Waals surface area contributed by atoms with Crippen molar-refractivity contribution in [2.24, 2.45) is 0 Å². The fourth-order valence-electron chi connectivity index (χ4n) is 5.62. The number of carboxylic acid groups (broad SMARTS) is 1. The maximum Gasteiger partial charge on any atom is 0.300 e. The molecule has 1 fully saturated rings. The number of carbonyl (C=O) groups is 4. The zero-order chi connectivity index (χ0) is 35.4. The topological polar surface area (TPSA) is 176 Å². The summed E-state index contributed by atoms with van der Waals surface area (Å²) in [6.45, 7) is 4.76. The number of likely N-dealkylation sites (N-methyl/N-ethyl adjacent to an activating group) is 1. The van der Waals surface area contributed by atoms with E-state index in [1.54, 1.807) is 68.7 Å². The normalized spacial score (nSPS) is 14.2. The number of aryl methyl sites for hydroxylation is 1. The molecule has 1 saturated heterocycles. The summed E-state index contributed by atoms with van der Waals surface area (Å²) < 4.78 is 7.59. The third-order valence-electron chi connectivity index (χ3n) is 8.05. The van der Waals surface area contributed by atoms with Crippen LogP contribution in [0.4, 0.5) is 5.82 Å². The van der Waals surface area contributed by atoms with Gasteiger partial charge in [-0.25, -0.2) is 4.68 Å². The number of likely N-dealkylation sites (tertiary alicyclic amines) is 1. The molecule has 1 aliphatic rings. The fourth-order valence-corrected chi connectivity index (χ4v) is 5.62. The average Bonchev–Trinajstić information content (AvgIpc) is 3.78. The Hall–Kier alpha value is -5.95. The molecule has 0 aliphatic carbocycles. The highest BCUT2D eigenvalue weighted by Gasteiger charge is 2.23. The Morgan fingerprint density at radius 2 is 1.78 bits per heavy atom. The van der Waals surface area contributed by atoms with E-state index in [-0.39, 0.29) is 35.0 Å². The largest absolute Gasteiger partial charge is 0.481 e. The van der Waals surface area contributed by atoms with Crippen molar-refractivity contribution in [1.82, 2.24) is 29.9 Å². The van der Waals surface area contributed by atoms with Gasteiger partial charge >= 0.3 is 0 Å². The number of ketones is 1. The van der Waals surface area contributed by atoms with Crippen molar-refractivity contribution in [2.45, 2.75) is 26.3 Å². The summed E-state index contributed by atoms with van der Waals surface area (Å²) in [5, 5.41) is 15.7. The van der Waals surface area contributed by atoms with E-state index < -0.39 is 5.97 Å². The van der Waals surface area contributed by atoms with Gasteiger partial charge in [0.1, 0.15) is 17.3 Å². The van der Waals surface area contributed by atoms with Gasteiger partial charge < -0.3 is 35.7 Å². The van der Waals surface area contributed by atoms with E-state index in [9.17, 15) is 14.4 Å². The highest BCUT2D eigenvalue weighted by Crippen LogP contribution is 2.30. The lowest BCUT2D eigenvalue weighted by Crippen LogP contribution is -2.36. The number of nitrogens with two attached hydrogens (primary N) is 1. The molecule has 0 spiro atoms. The minimum atomic E-state index is -0.833. The van der Waals surface area contributed by atoms with Gasteiger partial charge in [-0.3, -0.25) is 19.2 Å². The molecule has 13 nitrogen and oxygen atoms in total. The van der Waals surface area contributed by atoms with Crippen LogP contribution in [0.1, 0.15) is 55.7 Å². The maximum atomic E-state index is 13.5. The molecule has 1 atom stereocenters. The molecule has 3 aromatic carbocycles. The molecule has 13 heteroatoms. The number of H-pyrrole nitrogens is 1. The molecule has 5 N–H and O–H groups in total. The number of aromatic nitrogens is 3. The summed E-state index contributed by atoms with van der Waals surface area (Å²) in [5.74, 6) is -0.251. The Balaban J connectivity index is 0.00000111. The predicted octanol–water partition coefficient (Wildman–Crippen LogP) is 4.49. The number of amides is 2. The Bertz CT molecular complexity index is 2040. The average molecular weight is 666 g/mol. The van der Waals surface area contributed by atoms with Gasteiger partial charge in [0.15, 0.2) is 0 Å². The Kier molecular flexibility index (Phi) is 10.1. The number of rotatable bonds is 8. The van der Waals surface area contributed by atoms with Gasteiger partial charge in [0.25, 0.3) is 17.8 Å². The van der Waals surface area contributed by atoms with Crippen LogP contribution in [0.3, 0.4) is 0 Å². The van der Waals surface area contributed by atoms with E-state index in [0.717, 1.165) is 42.9 Å². The van der Waals surface area contributed by atoms with Crippen LogP contribution in [0.25, 0.3) is 16.6 Å². The second kappa shape index (κ2) is 14.4. The van der Waals surface area contributed by atoms with Gasteiger partial charge in [0, 0.05) is 50.1 Å². The van der Waals surface area contributed by atoms with Gasteiger partial charge in [0.05, 0.1) is 28.7 Å². The number of hydrogen-bond acceptors (Lipinski definition) is 8. The van der Waals surface area contributed by atoms with Crippen LogP contribution in [0.5, 0.6) is 11.5 Å². The van der Waals surface area contributed by atoms with Crippen molar-refractivity contribution in [2.75, 3.05) is 40.0 Å². The van der Waals surface area contributed by atoms with E-state index in [1.807, 2.05) is 26.1 Å². The first-order valence-corrected chi connectivity index (χ1v) is 15.6. The molecule has 3 heterocycles. The van der Waals surface area contributed by atoms with Crippen molar-refractivity contribution in [3.63, 3.8) is 0 Å². The highest BCUT2D eigenvalue weighted by molar-refractivity contribution is 6.13. The molecule has 0 radical (unpaired) electrons. The lowest BCUT2D eigenvalue weighted by molar-refractivity contribution is -0.134. The summed E-state index contributed by atoms with van der Waals surface area (Å²) in [5.41, 5.74) is 10.3. The second-order valence-corrected chi connectivity index (χ2v) is 12.2. The first-order valence-electron chi connectivity index (χ1n) is 15.6. The van der Waals surface area contributed by atoms with Crippen LogP contribution in [0.15, 0.2) is 72.9 Å². The molecule has 254 valence electrons. The monoisotopic (exact) mass is 665 g/mol. The molecule has 2 aromatic heterocycles. The van der Waals surface area contributed by atoms with Crippen molar-refractivity contribution < 1.29 is 29.0 Å². The van der Waals surface area contributed by atoms with Crippen LogP contribution in [0.2, 0.25) is 0 Å². The number of nitrogen functional groups attached to an aromatic ring is 1. The number of benzene rings is 3. The molecule has 0 saturated carbocycles. The number of aromatic amines is 1. The number of carboxylic acids is 1. The van der Waals surface area contributed by atoms with E-state index in [4.69, 9.17) is 20.4 Å². The molecular formula is C36H39N7O6. The minimum absolute atomic E-state index is 0.129. The van der Waals surface area contributed by atoms with Crippen molar-refractivity contribution in [3.8, 4) is 17.2 Å². The Morgan fingerprint density at radius 3 is 2.45 bits per heavy atom. The first kappa shape index (κ1) is 34.4. The third-order valence-corrected chi connectivity index (χ3v) is 8.05. The zero-order valence-electron chi connectivity index (χ0n) is 28.0. The van der Waals surface area contributed by atoms with Crippen LogP contribution < -0.4 is 15.8 Å². The summed E-state index contributed by atoms with van der Waals surface area (Å²) >= 11 is 0. The number of nitrogens with one attached hydrogen (secondary N) is 2. The van der Waals surface area contributed by atoms with E-state index in [2.05, 4.69) is 20.3 Å². The van der Waals surface area contributed by atoms with Crippen LogP contribution in [-0.4, -0.2) is 93.5 Å². The Morgan fingerprint density at radius 1 is 1.04 bits per heavy atom. The molecular weight excluding hydrogens is 626 g/mol. The summed E-state index contributed by atoms with van der Waals surface area (Å²) in [7, 11) is 5.42.